The Labute approximate surface area is 60.3 Å². The zero-order chi connectivity index (χ0) is 7.40. The monoisotopic (exact) mass is 137 g/mol. The summed E-state index contributed by atoms with van der Waals surface area (Å²) in [4.78, 5) is 4.07. The smallest absolute Gasteiger partial charge is 0.0659 e. The molecule has 0 saturated carbocycles. The molecule has 0 aliphatic carbocycles. The maximum absolute atomic E-state index is 5.49. The molecule has 0 amide bonds. The average molecular weight is 137 g/mol. The van der Waals surface area contributed by atoms with Crippen molar-refractivity contribution in [1.29, 1.82) is 0 Å². The second kappa shape index (κ2) is 3.06. The zero-order valence-corrected chi connectivity index (χ0v) is 5.96. The van der Waals surface area contributed by atoms with Gasteiger partial charge in [0.1, 0.15) is 0 Å². The largest absolute Gasteiger partial charge is 0.396 e. The van der Waals surface area contributed by atoms with Crippen LogP contribution in [0.4, 0.5) is 0 Å². The number of allylic oxidation sites excluding steroid dienone is 2. The van der Waals surface area contributed by atoms with Crippen molar-refractivity contribution >= 4 is 6.21 Å². The van der Waals surface area contributed by atoms with Crippen LogP contribution in [-0.2, 0) is 0 Å². The van der Waals surface area contributed by atoms with Gasteiger partial charge in [0.05, 0.1) is 11.9 Å². The van der Waals surface area contributed by atoms with E-state index in [1.807, 2.05) is 13.0 Å². The molecule has 3 nitrogen and oxygen atoms in total. The molecule has 1 aliphatic rings. The summed E-state index contributed by atoms with van der Waals surface area (Å²) in [5.41, 5.74) is 7.14. The lowest BCUT2D eigenvalue weighted by Crippen LogP contribution is -2.12. The van der Waals surface area contributed by atoms with Crippen LogP contribution < -0.4 is 11.1 Å². The first-order valence-electron chi connectivity index (χ1n) is 3.19. The molecule has 10 heavy (non-hydrogen) atoms. The third kappa shape index (κ3) is 1.93. The molecule has 1 heterocycles. The molecule has 0 fully saturated rings. The van der Waals surface area contributed by atoms with Crippen LogP contribution in [0.3, 0.4) is 0 Å². The van der Waals surface area contributed by atoms with Gasteiger partial charge in [-0.3, -0.25) is 4.99 Å². The van der Waals surface area contributed by atoms with E-state index in [0.717, 1.165) is 12.2 Å². The molecular weight excluding hydrogens is 126 g/mol. The van der Waals surface area contributed by atoms with Gasteiger partial charge in [-0.15, -0.1) is 0 Å². The van der Waals surface area contributed by atoms with E-state index >= 15 is 0 Å². The summed E-state index contributed by atoms with van der Waals surface area (Å²) < 4.78 is 0. The maximum atomic E-state index is 5.49. The topological polar surface area (TPSA) is 50.4 Å². The standard InChI is InChI=1S/C7H11N3/c1-6-2-3-9-4-7(8)5-10-6/h2,4-5,9H,3,8H2,1H3/b6-2+,7-4-,10-5-. The molecule has 0 unspecified atom stereocenters. The Morgan fingerprint density at radius 1 is 1.70 bits per heavy atom. The molecule has 0 aromatic carbocycles. The van der Waals surface area contributed by atoms with Gasteiger partial charge in [-0.2, -0.15) is 0 Å². The molecule has 0 bridgehead atoms. The molecule has 0 aromatic rings. The predicted molar refractivity (Wildman–Crippen MR) is 42.5 cm³/mol. The second-order valence-electron chi connectivity index (χ2n) is 2.16. The minimum atomic E-state index is 0.660. The van der Waals surface area contributed by atoms with Gasteiger partial charge in [-0.05, 0) is 13.0 Å². The van der Waals surface area contributed by atoms with E-state index in [1.165, 1.54) is 0 Å². The Morgan fingerprint density at radius 3 is 3.30 bits per heavy atom. The van der Waals surface area contributed by atoms with E-state index < -0.39 is 0 Å². The van der Waals surface area contributed by atoms with Crippen LogP contribution in [0.2, 0.25) is 0 Å². The highest BCUT2D eigenvalue weighted by molar-refractivity contribution is 5.77. The summed E-state index contributed by atoms with van der Waals surface area (Å²) in [7, 11) is 0. The third-order valence-corrected chi connectivity index (χ3v) is 1.20. The van der Waals surface area contributed by atoms with Crippen molar-refractivity contribution in [2.75, 3.05) is 6.54 Å². The molecule has 0 radical (unpaired) electrons. The number of rotatable bonds is 0. The van der Waals surface area contributed by atoms with Gasteiger partial charge in [0.2, 0.25) is 0 Å². The minimum Gasteiger partial charge on any atom is -0.396 e. The Balaban J connectivity index is 2.73. The first-order chi connectivity index (χ1) is 4.79. The van der Waals surface area contributed by atoms with Gasteiger partial charge in [0, 0.05) is 18.4 Å². The highest BCUT2D eigenvalue weighted by atomic mass is 14.9. The fourth-order valence-corrected chi connectivity index (χ4v) is 0.650. The Bertz CT molecular complexity index is 179. The summed E-state index contributed by atoms with van der Waals surface area (Å²) in [6.45, 7) is 2.74. The lowest BCUT2D eigenvalue weighted by atomic mass is 10.4. The molecule has 3 heteroatoms. The highest BCUT2D eigenvalue weighted by Gasteiger charge is 1.88. The van der Waals surface area contributed by atoms with Gasteiger partial charge in [0.25, 0.3) is 0 Å². The summed E-state index contributed by atoms with van der Waals surface area (Å²) in [6.07, 6.45) is 5.38. The van der Waals surface area contributed by atoms with E-state index in [1.54, 1.807) is 12.4 Å². The van der Waals surface area contributed by atoms with Crippen molar-refractivity contribution in [3.63, 3.8) is 0 Å². The van der Waals surface area contributed by atoms with Crippen molar-refractivity contribution in [2.24, 2.45) is 10.7 Å². The first kappa shape index (κ1) is 6.86. The normalized spacial score (nSPS) is 31.7. The van der Waals surface area contributed by atoms with Crippen LogP contribution in [0.25, 0.3) is 0 Å². The molecule has 0 atom stereocenters. The summed E-state index contributed by atoms with van der Waals surface area (Å²) >= 11 is 0. The van der Waals surface area contributed by atoms with Crippen molar-refractivity contribution in [3.05, 3.63) is 23.7 Å². The molecule has 1 rings (SSSR count). The lowest BCUT2D eigenvalue weighted by molar-refractivity contribution is 0.958. The molecule has 0 spiro atoms. The predicted octanol–water partition coefficient (Wildman–Crippen LogP) is 0.364. The Morgan fingerprint density at radius 2 is 2.50 bits per heavy atom. The van der Waals surface area contributed by atoms with Gasteiger partial charge in [0.15, 0.2) is 0 Å². The maximum Gasteiger partial charge on any atom is 0.0659 e. The van der Waals surface area contributed by atoms with Crippen LogP contribution in [0, 0.1) is 0 Å². The van der Waals surface area contributed by atoms with Crippen LogP contribution >= 0.6 is 0 Å². The summed E-state index contributed by atoms with van der Waals surface area (Å²) in [6, 6.07) is 0. The van der Waals surface area contributed by atoms with E-state index in [9.17, 15) is 0 Å². The number of nitrogens with one attached hydrogen (secondary N) is 1. The number of hydrogen-bond donors (Lipinski definition) is 2. The van der Waals surface area contributed by atoms with Gasteiger partial charge >= 0.3 is 0 Å². The molecule has 0 saturated heterocycles. The van der Waals surface area contributed by atoms with Crippen molar-refractivity contribution in [1.82, 2.24) is 5.32 Å². The Kier molecular flexibility index (Phi) is 2.10. The second-order valence-corrected chi connectivity index (χ2v) is 2.16. The van der Waals surface area contributed by atoms with Crippen LogP contribution in [0.1, 0.15) is 6.92 Å². The van der Waals surface area contributed by atoms with E-state index in [-0.39, 0.29) is 0 Å². The van der Waals surface area contributed by atoms with Gasteiger partial charge < -0.3 is 11.1 Å². The fraction of sp³-hybridized carbons (Fsp3) is 0.286. The van der Waals surface area contributed by atoms with Crippen LogP contribution in [0.5, 0.6) is 0 Å². The number of hydrogen-bond acceptors (Lipinski definition) is 3. The third-order valence-electron chi connectivity index (χ3n) is 1.20. The zero-order valence-electron chi connectivity index (χ0n) is 5.96. The SMILES string of the molecule is CC1=C\CN/C=C(N)/C=N\1. The average Bonchev–Trinajstić information content (AvgIpc) is 1.90. The van der Waals surface area contributed by atoms with E-state index in [4.69, 9.17) is 5.73 Å². The summed E-state index contributed by atoms with van der Waals surface area (Å²) in [5, 5.41) is 3.01. The first-order valence-corrected chi connectivity index (χ1v) is 3.19. The van der Waals surface area contributed by atoms with Crippen molar-refractivity contribution in [3.8, 4) is 0 Å². The van der Waals surface area contributed by atoms with Crippen LogP contribution in [0.15, 0.2) is 28.7 Å². The molecule has 1 aliphatic heterocycles. The lowest BCUT2D eigenvalue weighted by Gasteiger charge is -2.01. The quantitative estimate of drug-likeness (QED) is 0.506. The van der Waals surface area contributed by atoms with Crippen molar-refractivity contribution in [2.45, 2.75) is 6.92 Å². The van der Waals surface area contributed by atoms with E-state index in [0.29, 0.717) is 5.70 Å². The molecular formula is C7H11N3. The summed E-state index contributed by atoms with van der Waals surface area (Å²) in [5.74, 6) is 0. The van der Waals surface area contributed by atoms with E-state index in [2.05, 4.69) is 10.3 Å². The fourth-order valence-electron chi connectivity index (χ4n) is 0.650. The number of aliphatic imine (C=N–C) groups is 1. The number of nitrogens with zero attached hydrogens (tertiary/aromatic N) is 1. The van der Waals surface area contributed by atoms with Crippen LogP contribution in [-0.4, -0.2) is 12.8 Å². The van der Waals surface area contributed by atoms with Crippen molar-refractivity contribution < 1.29 is 0 Å². The molecule has 54 valence electrons. The van der Waals surface area contributed by atoms with Gasteiger partial charge in [-0.25, -0.2) is 0 Å². The molecule has 3 N–H and O–H groups in total. The highest BCUT2D eigenvalue weighted by Crippen LogP contribution is 1.94. The molecule has 0 aromatic heterocycles. The number of nitrogens with two attached hydrogens (primary N) is 1. The Hall–Kier alpha value is -1.25. The van der Waals surface area contributed by atoms with Gasteiger partial charge in [-0.1, -0.05) is 0 Å². The minimum absolute atomic E-state index is 0.660.